The van der Waals surface area contributed by atoms with Gasteiger partial charge in [0.25, 0.3) is 0 Å². The van der Waals surface area contributed by atoms with E-state index >= 15 is 0 Å². The van der Waals surface area contributed by atoms with E-state index in [0.29, 0.717) is 13.0 Å². The molecule has 7 heteroatoms. The first-order valence-electron chi connectivity index (χ1n) is 11.2. The molecule has 0 unspecified atom stereocenters. The number of carboxylic acid groups (broad SMARTS) is 1. The Kier molecular flexibility index (Phi) is 7.47. The molecule has 0 fully saturated rings. The maximum absolute atomic E-state index is 10.7. The van der Waals surface area contributed by atoms with Gasteiger partial charge in [-0.1, -0.05) is 60.7 Å². The highest BCUT2D eigenvalue weighted by molar-refractivity contribution is 5.82. The Balaban J connectivity index is 1.76. The van der Waals surface area contributed by atoms with Crippen molar-refractivity contribution in [3.63, 3.8) is 0 Å². The maximum atomic E-state index is 10.7. The zero-order valence-corrected chi connectivity index (χ0v) is 18.6. The fraction of sp³-hybridized carbons (Fsp3) is 0.222. The normalized spacial score (nSPS) is 12.9. The lowest BCUT2D eigenvalue weighted by Crippen LogP contribution is -2.29. The predicted molar refractivity (Wildman–Crippen MR) is 127 cm³/mol. The number of carbonyl (C=O) groups excluding carboxylic acids is 1. The van der Waals surface area contributed by atoms with Crippen LogP contribution in [0.2, 0.25) is 0 Å². The highest BCUT2D eigenvalue weighted by Gasteiger charge is 2.22. The van der Waals surface area contributed by atoms with Gasteiger partial charge in [-0.15, -0.1) is 0 Å². The summed E-state index contributed by atoms with van der Waals surface area (Å²) in [7, 11) is 0. The Morgan fingerprint density at radius 1 is 0.853 bits per heavy atom. The average molecular weight is 457 g/mol. The molecule has 0 bridgehead atoms. The van der Waals surface area contributed by atoms with Crippen molar-refractivity contribution in [2.45, 2.75) is 38.0 Å². The molecule has 0 saturated heterocycles. The molecule has 2 atom stereocenters. The molecule has 2 heterocycles. The zero-order valence-electron chi connectivity index (χ0n) is 18.6. The molecular formula is C27H26N3O4-. The molecule has 0 aliphatic carbocycles. The minimum Gasteiger partial charge on any atom is -0.550 e. The van der Waals surface area contributed by atoms with E-state index in [4.69, 9.17) is 4.98 Å². The standard InChI is InChI=1S/C27H27N3O4/c31-22(17-23(32)18-24(33)34)13-16-30-26(20-7-3-1-4-8-20)25(19-11-14-28-15-12-19)29-27(30)21-9-5-2-6-10-21/h1-12,14-15,22-23,31-32H,13,16-18H2,(H,33,34)/p-1/t22-,23-/m1/s1. The number of aromatic nitrogens is 3. The van der Waals surface area contributed by atoms with E-state index in [9.17, 15) is 20.1 Å². The number of carboxylic acids is 1. The lowest BCUT2D eigenvalue weighted by atomic mass is 10.0. The van der Waals surface area contributed by atoms with E-state index in [1.165, 1.54) is 0 Å². The number of aliphatic hydroxyl groups is 2. The molecule has 34 heavy (non-hydrogen) atoms. The van der Waals surface area contributed by atoms with Gasteiger partial charge in [0.2, 0.25) is 0 Å². The fourth-order valence-electron chi connectivity index (χ4n) is 4.06. The van der Waals surface area contributed by atoms with E-state index in [-0.39, 0.29) is 6.42 Å². The Morgan fingerprint density at radius 2 is 1.47 bits per heavy atom. The number of aliphatic hydroxyl groups excluding tert-OH is 2. The van der Waals surface area contributed by atoms with Crippen LogP contribution in [0.1, 0.15) is 19.3 Å². The Bertz CT molecular complexity index is 1210. The summed E-state index contributed by atoms with van der Waals surface area (Å²) in [4.78, 5) is 19.9. The number of hydrogen-bond donors (Lipinski definition) is 2. The molecule has 174 valence electrons. The van der Waals surface area contributed by atoms with Crippen molar-refractivity contribution in [2.75, 3.05) is 0 Å². The largest absolute Gasteiger partial charge is 0.550 e. The monoisotopic (exact) mass is 456 g/mol. The molecule has 0 spiro atoms. The summed E-state index contributed by atoms with van der Waals surface area (Å²) in [5, 5.41) is 31.2. The quantitative estimate of drug-likeness (QED) is 0.380. The van der Waals surface area contributed by atoms with Crippen LogP contribution >= 0.6 is 0 Å². The van der Waals surface area contributed by atoms with Crippen molar-refractivity contribution < 1.29 is 20.1 Å². The van der Waals surface area contributed by atoms with E-state index in [1.54, 1.807) is 12.4 Å². The summed E-state index contributed by atoms with van der Waals surface area (Å²) in [5.74, 6) is -0.581. The zero-order chi connectivity index (χ0) is 23.9. The number of benzene rings is 2. The summed E-state index contributed by atoms with van der Waals surface area (Å²) in [6.45, 7) is 0.422. The smallest absolute Gasteiger partial charge is 0.141 e. The van der Waals surface area contributed by atoms with Gasteiger partial charge < -0.3 is 24.7 Å². The Labute approximate surface area is 198 Å². The summed E-state index contributed by atoms with van der Waals surface area (Å²) in [6, 6.07) is 23.6. The first kappa shape index (κ1) is 23.4. The minimum atomic E-state index is -1.34. The van der Waals surface area contributed by atoms with Gasteiger partial charge in [-0.05, 0) is 25.0 Å². The van der Waals surface area contributed by atoms with E-state index in [2.05, 4.69) is 9.55 Å². The number of aliphatic carboxylic acids is 1. The van der Waals surface area contributed by atoms with Crippen molar-refractivity contribution in [3.05, 3.63) is 85.2 Å². The number of rotatable bonds is 10. The lowest BCUT2D eigenvalue weighted by molar-refractivity contribution is -0.307. The number of pyridine rings is 1. The molecule has 0 saturated carbocycles. The van der Waals surface area contributed by atoms with Gasteiger partial charge in [0, 0.05) is 48.0 Å². The van der Waals surface area contributed by atoms with Gasteiger partial charge in [-0.3, -0.25) is 4.98 Å². The summed E-state index contributed by atoms with van der Waals surface area (Å²) >= 11 is 0. The Hall–Kier alpha value is -3.81. The molecule has 4 rings (SSSR count). The van der Waals surface area contributed by atoms with Crippen molar-refractivity contribution >= 4 is 5.97 Å². The van der Waals surface area contributed by atoms with Crippen LogP contribution in [0.15, 0.2) is 85.2 Å². The second-order valence-corrected chi connectivity index (χ2v) is 8.16. The lowest BCUT2D eigenvalue weighted by Gasteiger charge is -2.18. The molecule has 0 radical (unpaired) electrons. The van der Waals surface area contributed by atoms with Crippen molar-refractivity contribution in [1.29, 1.82) is 0 Å². The summed E-state index contributed by atoms with van der Waals surface area (Å²) in [6.07, 6.45) is 1.20. The number of carbonyl (C=O) groups is 1. The molecular weight excluding hydrogens is 430 g/mol. The molecule has 2 N–H and O–H groups in total. The SMILES string of the molecule is O=C([O-])C[C@H](O)C[C@H](O)CCn1c(-c2ccccc2)nc(-c2ccncc2)c1-c1ccccc1. The topological polar surface area (TPSA) is 111 Å². The van der Waals surface area contributed by atoms with Crippen molar-refractivity contribution in [3.8, 4) is 33.9 Å². The third-order valence-corrected chi connectivity index (χ3v) is 5.63. The molecule has 2 aromatic heterocycles. The van der Waals surface area contributed by atoms with Crippen LogP contribution in [0.3, 0.4) is 0 Å². The van der Waals surface area contributed by atoms with Gasteiger partial charge in [-0.2, -0.15) is 0 Å². The molecule has 0 aliphatic heterocycles. The number of hydrogen-bond acceptors (Lipinski definition) is 6. The van der Waals surface area contributed by atoms with Crippen molar-refractivity contribution in [1.82, 2.24) is 14.5 Å². The fourth-order valence-corrected chi connectivity index (χ4v) is 4.06. The number of imidazole rings is 1. The highest BCUT2D eigenvalue weighted by atomic mass is 16.4. The second-order valence-electron chi connectivity index (χ2n) is 8.16. The van der Waals surface area contributed by atoms with Gasteiger partial charge in [0.05, 0.1) is 23.6 Å². The maximum Gasteiger partial charge on any atom is 0.141 e. The molecule has 0 aliphatic rings. The molecule has 0 amide bonds. The predicted octanol–water partition coefficient (Wildman–Crippen LogP) is 2.92. The van der Waals surface area contributed by atoms with Crippen LogP contribution in [0.5, 0.6) is 0 Å². The first-order chi connectivity index (χ1) is 16.5. The van der Waals surface area contributed by atoms with Gasteiger partial charge in [0.1, 0.15) is 5.82 Å². The molecule has 7 nitrogen and oxygen atoms in total. The Morgan fingerprint density at radius 3 is 2.09 bits per heavy atom. The van der Waals surface area contributed by atoms with Crippen LogP contribution in [0, 0.1) is 0 Å². The third-order valence-electron chi connectivity index (χ3n) is 5.63. The summed E-state index contributed by atoms with van der Waals surface area (Å²) < 4.78 is 2.08. The highest BCUT2D eigenvalue weighted by Crippen LogP contribution is 2.36. The van der Waals surface area contributed by atoms with Crippen LogP contribution < -0.4 is 5.11 Å². The van der Waals surface area contributed by atoms with Gasteiger partial charge >= 0.3 is 0 Å². The van der Waals surface area contributed by atoms with Crippen LogP contribution in [-0.4, -0.2) is 42.9 Å². The van der Waals surface area contributed by atoms with Crippen molar-refractivity contribution in [2.24, 2.45) is 0 Å². The summed E-state index contributed by atoms with van der Waals surface area (Å²) in [5.41, 5.74) is 4.56. The second kappa shape index (κ2) is 10.9. The number of nitrogens with zero attached hydrogens (tertiary/aromatic N) is 3. The van der Waals surface area contributed by atoms with Crippen LogP contribution in [0.25, 0.3) is 33.9 Å². The van der Waals surface area contributed by atoms with Gasteiger partial charge in [-0.25, -0.2) is 4.98 Å². The minimum absolute atomic E-state index is 0.0404. The molecule has 4 aromatic rings. The van der Waals surface area contributed by atoms with Crippen LogP contribution in [-0.2, 0) is 11.3 Å². The van der Waals surface area contributed by atoms with E-state index < -0.39 is 24.6 Å². The van der Waals surface area contributed by atoms with Gasteiger partial charge in [0.15, 0.2) is 0 Å². The average Bonchev–Trinajstić information content (AvgIpc) is 3.23. The first-order valence-corrected chi connectivity index (χ1v) is 11.2. The molecule has 2 aromatic carbocycles. The van der Waals surface area contributed by atoms with Crippen LogP contribution in [0.4, 0.5) is 0 Å². The van der Waals surface area contributed by atoms with E-state index in [1.807, 2.05) is 72.8 Å². The van der Waals surface area contributed by atoms with E-state index in [0.717, 1.165) is 33.9 Å². The third kappa shape index (κ3) is 5.57.